The lowest BCUT2D eigenvalue weighted by atomic mass is 10.1. The molecular weight excluding hydrogens is 409 g/mol. The smallest absolute Gasteiger partial charge is 0.382 e. The minimum Gasteiger partial charge on any atom is -0.382 e. The first-order valence-corrected chi connectivity index (χ1v) is 10.4. The van der Waals surface area contributed by atoms with Crippen LogP contribution in [0, 0.1) is 0 Å². The van der Waals surface area contributed by atoms with Crippen molar-refractivity contribution < 1.29 is 32.7 Å². The fourth-order valence-corrected chi connectivity index (χ4v) is 3.81. The van der Waals surface area contributed by atoms with E-state index in [1.807, 2.05) is 6.92 Å². The largest absolute Gasteiger partial charge is 0.472 e. The molecular formula is C15H24N5O8P. The van der Waals surface area contributed by atoms with Crippen molar-refractivity contribution in [2.24, 2.45) is 0 Å². The van der Waals surface area contributed by atoms with Gasteiger partial charge in [0.15, 0.2) is 17.4 Å². The van der Waals surface area contributed by atoms with Gasteiger partial charge in [0.05, 0.1) is 25.6 Å². The molecule has 0 spiro atoms. The Bertz CT molecular complexity index is 948. The number of hydrogen-bond donors (Lipinski definition) is 3. The van der Waals surface area contributed by atoms with Crippen molar-refractivity contribution in [1.29, 1.82) is 0 Å². The number of anilines is 1. The zero-order valence-corrected chi connectivity index (χ0v) is 17.1. The number of nitrogens with one attached hydrogen (secondary N) is 1. The van der Waals surface area contributed by atoms with Crippen LogP contribution in [0.1, 0.15) is 19.6 Å². The molecule has 2 aromatic heterocycles. The number of hydrogen-bond acceptors (Lipinski definition) is 10. The van der Waals surface area contributed by atoms with Gasteiger partial charge in [-0.25, -0.2) is 9.55 Å². The summed E-state index contributed by atoms with van der Waals surface area (Å²) in [5.74, 6) is -0.0850. The summed E-state index contributed by atoms with van der Waals surface area (Å²) in [5, 5.41) is 0. The molecule has 5 atom stereocenters. The zero-order valence-electron chi connectivity index (χ0n) is 16.2. The predicted molar refractivity (Wildman–Crippen MR) is 100 cm³/mol. The van der Waals surface area contributed by atoms with Gasteiger partial charge in [0, 0.05) is 14.2 Å². The number of imidazole rings is 1. The minimum atomic E-state index is -4.32. The average molecular weight is 433 g/mol. The summed E-state index contributed by atoms with van der Waals surface area (Å²) >= 11 is 0. The molecule has 1 aliphatic heterocycles. The highest BCUT2D eigenvalue weighted by atomic mass is 31.2. The molecule has 162 valence electrons. The Hall–Kier alpha value is -1.86. The molecule has 0 aliphatic carbocycles. The van der Waals surface area contributed by atoms with E-state index in [1.54, 1.807) is 0 Å². The molecule has 0 saturated carbocycles. The van der Waals surface area contributed by atoms with Gasteiger partial charge in [-0.2, -0.15) is 4.98 Å². The van der Waals surface area contributed by atoms with Crippen LogP contribution in [0.15, 0.2) is 11.1 Å². The summed E-state index contributed by atoms with van der Waals surface area (Å²) < 4.78 is 40.3. The molecule has 4 N–H and O–H groups in total. The highest BCUT2D eigenvalue weighted by Gasteiger charge is 2.49. The lowest BCUT2D eigenvalue weighted by Gasteiger charge is -2.25. The molecule has 3 rings (SSSR count). The first-order chi connectivity index (χ1) is 13.8. The van der Waals surface area contributed by atoms with Gasteiger partial charge in [-0.15, -0.1) is 0 Å². The van der Waals surface area contributed by atoms with Crippen LogP contribution < -0.4 is 11.3 Å². The van der Waals surface area contributed by atoms with Crippen molar-refractivity contribution in [3.8, 4) is 0 Å². The molecule has 14 heteroatoms. The monoisotopic (exact) mass is 433 g/mol. The standard InChI is InChI=1S/C15H24N5O8P/c1-4-8-10(28-29(22,23)25-3)11(26-6-5-24-2)14(27-8)20-7-17-9-12(20)18-15(16)19-13(9)21/h7-8,10-11,14H,4-6H2,1-3H3,(H,22,23)(H3,16,18,19,21)/t8-,10?,11+,14-/m1/s1. The van der Waals surface area contributed by atoms with Crippen LogP contribution >= 0.6 is 7.82 Å². The second-order valence-electron chi connectivity index (χ2n) is 6.30. The number of aromatic amines is 1. The normalized spacial score (nSPS) is 26.8. The van der Waals surface area contributed by atoms with E-state index in [-0.39, 0.29) is 30.3 Å². The second kappa shape index (κ2) is 8.88. The topological polar surface area (TPSA) is 173 Å². The lowest BCUT2D eigenvalue weighted by molar-refractivity contribution is -0.0761. The van der Waals surface area contributed by atoms with E-state index in [1.165, 1.54) is 18.0 Å². The fraction of sp³-hybridized carbons (Fsp3) is 0.667. The Labute approximate surface area is 165 Å². The van der Waals surface area contributed by atoms with Crippen molar-refractivity contribution in [2.75, 3.05) is 33.2 Å². The molecule has 13 nitrogen and oxygen atoms in total. The lowest BCUT2D eigenvalue weighted by Crippen LogP contribution is -2.36. The number of nitrogens with zero attached hydrogens (tertiary/aromatic N) is 3. The van der Waals surface area contributed by atoms with Crippen LogP contribution in [-0.2, 0) is 27.8 Å². The summed E-state index contributed by atoms with van der Waals surface area (Å²) in [6.45, 7) is 2.28. The highest BCUT2D eigenvalue weighted by molar-refractivity contribution is 7.47. The fourth-order valence-electron chi connectivity index (χ4n) is 3.16. The number of H-pyrrole nitrogens is 1. The van der Waals surface area contributed by atoms with E-state index in [4.69, 9.17) is 24.5 Å². The quantitative estimate of drug-likeness (QED) is 0.363. The third-order valence-corrected chi connectivity index (χ3v) is 5.47. The van der Waals surface area contributed by atoms with E-state index in [0.29, 0.717) is 6.42 Å². The molecule has 1 fully saturated rings. The van der Waals surface area contributed by atoms with E-state index in [2.05, 4.69) is 19.5 Å². The van der Waals surface area contributed by atoms with E-state index < -0.39 is 37.9 Å². The SMILES string of the molecule is CC[C@H]1O[C@@H](n2cnc3c(=O)[nH]c(N)nc32)[C@@H](OCCOC)C1OP(=O)(O)OC. The number of nitrogens with two attached hydrogens (primary N) is 1. The maximum absolute atomic E-state index is 12.1. The average Bonchev–Trinajstić information content (AvgIpc) is 3.23. The van der Waals surface area contributed by atoms with Gasteiger partial charge >= 0.3 is 7.82 Å². The third-order valence-electron chi connectivity index (χ3n) is 4.50. The number of ether oxygens (including phenoxy) is 3. The summed E-state index contributed by atoms with van der Waals surface area (Å²) in [5.41, 5.74) is 5.42. The molecule has 2 unspecified atom stereocenters. The van der Waals surface area contributed by atoms with Gasteiger partial charge in [-0.1, -0.05) is 6.92 Å². The van der Waals surface area contributed by atoms with Crippen LogP contribution in [0.4, 0.5) is 5.95 Å². The molecule has 0 bridgehead atoms. The highest BCUT2D eigenvalue weighted by Crippen LogP contribution is 2.48. The first kappa shape index (κ1) is 21.8. The molecule has 29 heavy (non-hydrogen) atoms. The number of nitrogen functional groups attached to an aromatic ring is 1. The van der Waals surface area contributed by atoms with E-state index in [9.17, 15) is 14.3 Å². The minimum absolute atomic E-state index is 0.0700. The van der Waals surface area contributed by atoms with Crippen molar-refractivity contribution in [1.82, 2.24) is 19.5 Å². The van der Waals surface area contributed by atoms with Crippen LogP contribution in [-0.4, -0.2) is 70.2 Å². The van der Waals surface area contributed by atoms with Crippen LogP contribution in [0.3, 0.4) is 0 Å². The van der Waals surface area contributed by atoms with Crippen LogP contribution in [0.25, 0.3) is 11.2 Å². The molecule has 0 amide bonds. The van der Waals surface area contributed by atoms with E-state index in [0.717, 1.165) is 7.11 Å². The van der Waals surface area contributed by atoms with Crippen LogP contribution in [0.5, 0.6) is 0 Å². The Morgan fingerprint density at radius 3 is 2.79 bits per heavy atom. The van der Waals surface area contributed by atoms with Gasteiger partial charge in [-0.05, 0) is 6.42 Å². The maximum Gasteiger partial charge on any atom is 0.472 e. The van der Waals surface area contributed by atoms with Gasteiger partial charge in [-0.3, -0.25) is 23.4 Å². The maximum atomic E-state index is 12.1. The Kier molecular flexibility index (Phi) is 6.69. The van der Waals surface area contributed by atoms with Crippen LogP contribution in [0.2, 0.25) is 0 Å². The summed E-state index contributed by atoms with van der Waals surface area (Å²) in [7, 11) is -1.74. The van der Waals surface area contributed by atoms with Gasteiger partial charge in [0.1, 0.15) is 12.2 Å². The summed E-state index contributed by atoms with van der Waals surface area (Å²) in [6, 6.07) is 0. The Morgan fingerprint density at radius 1 is 1.38 bits per heavy atom. The number of phosphoric ester groups is 1. The molecule has 3 heterocycles. The molecule has 0 radical (unpaired) electrons. The molecule has 1 aliphatic rings. The molecule has 1 saturated heterocycles. The number of phosphoric acid groups is 1. The zero-order chi connectivity index (χ0) is 21.2. The summed E-state index contributed by atoms with van der Waals surface area (Å²) in [4.78, 5) is 32.5. The third kappa shape index (κ3) is 4.51. The molecule has 0 aromatic carbocycles. The van der Waals surface area contributed by atoms with Gasteiger partial charge in [0.25, 0.3) is 5.56 Å². The van der Waals surface area contributed by atoms with Gasteiger partial charge < -0.3 is 24.8 Å². The van der Waals surface area contributed by atoms with Crippen molar-refractivity contribution in [3.05, 3.63) is 16.7 Å². The Balaban J connectivity index is 2.02. The summed E-state index contributed by atoms with van der Waals surface area (Å²) in [6.07, 6.45) is -1.40. The number of rotatable bonds is 9. The van der Waals surface area contributed by atoms with Crippen molar-refractivity contribution in [2.45, 2.75) is 37.9 Å². The van der Waals surface area contributed by atoms with Crippen molar-refractivity contribution in [3.63, 3.8) is 0 Å². The predicted octanol–water partition coefficient (Wildman–Crippen LogP) is 0.173. The van der Waals surface area contributed by atoms with Crippen molar-refractivity contribution >= 4 is 24.9 Å². The van der Waals surface area contributed by atoms with Gasteiger partial charge in [0.2, 0.25) is 5.95 Å². The number of methoxy groups -OCH3 is 1. The second-order valence-corrected chi connectivity index (χ2v) is 7.81. The Morgan fingerprint density at radius 2 is 2.14 bits per heavy atom. The first-order valence-electron chi connectivity index (χ1n) is 8.86. The number of fused-ring (bicyclic) bond motifs is 1. The number of aromatic nitrogens is 4. The van der Waals surface area contributed by atoms with E-state index >= 15 is 0 Å². The molecule has 2 aromatic rings.